The van der Waals surface area contributed by atoms with Gasteiger partial charge in [0.25, 0.3) is 5.91 Å². The van der Waals surface area contributed by atoms with Crippen LogP contribution in [0.5, 0.6) is 0 Å². The molecule has 3 N–H and O–H groups in total. The molecule has 0 bridgehead atoms. The van der Waals surface area contributed by atoms with Gasteiger partial charge >= 0.3 is 0 Å². The van der Waals surface area contributed by atoms with Crippen LogP contribution >= 0.6 is 0 Å². The fourth-order valence-electron chi connectivity index (χ4n) is 4.43. The highest BCUT2D eigenvalue weighted by molar-refractivity contribution is 7.89. The van der Waals surface area contributed by atoms with Gasteiger partial charge in [-0.25, -0.2) is 13.1 Å². The SMILES string of the molecule is Cc1ccccc1C(=O)Nc1ccc(S(=O)(=O)NC2CCc3[nH]ncc3C2)c2ccccc12. The predicted molar refractivity (Wildman–Crippen MR) is 128 cm³/mol. The maximum Gasteiger partial charge on any atom is 0.255 e. The Hall–Kier alpha value is -3.49. The number of hydrogen-bond donors (Lipinski definition) is 3. The third kappa shape index (κ3) is 4.15. The number of H-pyrrole nitrogens is 1. The van der Waals surface area contributed by atoms with Gasteiger partial charge in [-0.05, 0) is 55.5 Å². The van der Waals surface area contributed by atoms with Crippen LogP contribution < -0.4 is 10.0 Å². The molecule has 1 heterocycles. The van der Waals surface area contributed by atoms with E-state index in [4.69, 9.17) is 0 Å². The molecule has 5 rings (SSSR count). The van der Waals surface area contributed by atoms with Gasteiger partial charge in [0.05, 0.1) is 11.1 Å². The Labute approximate surface area is 192 Å². The van der Waals surface area contributed by atoms with Crippen molar-refractivity contribution in [1.29, 1.82) is 0 Å². The molecule has 3 aromatic carbocycles. The summed E-state index contributed by atoms with van der Waals surface area (Å²) in [4.78, 5) is 13.1. The van der Waals surface area contributed by atoms with Gasteiger partial charge in [-0.2, -0.15) is 5.10 Å². The number of carbonyl (C=O) groups is 1. The monoisotopic (exact) mass is 460 g/mol. The molecule has 0 saturated heterocycles. The summed E-state index contributed by atoms with van der Waals surface area (Å²) >= 11 is 0. The normalized spacial score (nSPS) is 15.8. The molecule has 1 aliphatic carbocycles. The molecule has 0 aliphatic heterocycles. The van der Waals surface area contributed by atoms with Gasteiger partial charge in [0, 0.05) is 33.8 Å². The van der Waals surface area contributed by atoms with E-state index in [2.05, 4.69) is 20.2 Å². The van der Waals surface area contributed by atoms with Crippen molar-refractivity contribution in [2.75, 3.05) is 5.32 Å². The van der Waals surface area contributed by atoms with Crippen LogP contribution in [0.1, 0.15) is 33.6 Å². The molecule has 1 atom stereocenters. The molecule has 1 aliphatic rings. The summed E-state index contributed by atoms with van der Waals surface area (Å²) in [7, 11) is -3.77. The minimum Gasteiger partial charge on any atom is -0.321 e. The van der Waals surface area contributed by atoms with E-state index in [0.717, 1.165) is 23.2 Å². The van der Waals surface area contributed by atoms with Crippen molar-refractivity contribution in [3.63, 3.8) is 0 Å². The average molecular weight is 461 g/mol. The lowest BCUT2D eigenvalue weighted by molar-refractivity contribution is 0.102. The maximum atomic E-state index is 13.3. The molecule has 0 fully saturated rings. The molecule has 33 heavy (non-hydrogen) atoms. The van der Waals surface area contributed by atoms with Gasteiger partial charge in [-0.15, -0.1) is 0 Å². The van der Waals surface area contributed by atoms with E-state index in [1.165, 1.54) is 0 Å². The van der Waals surface area contributed by atoms with Crippen molar-refractivity contribution >= 4 is 32.4 Å². The van der Waals surface area contributed by atoms with Crippen LogP contribution in [0.25, 0.3) is 10.8 Å². The van der Waals surface area contributed by atoms with Gasteiger partial charge in [0.1, 0.15) is 0 Å². The van der Waals surface area contributed by atoms with Crippen LogP contribution in [0.3, 0.4) is 0 Å². The van der Waals surface area contributed by atoms with Crippen LogP contribution in [0.4, 0.5) is 5.69 Å². The summed E-state index contributed by atoms with van der Waals surface area (Å²) < 4.78 is 29.6. The summed E-state index contributed by atoms with van der Waals surface area (Å²) in [5, 5.41) is 11.2. The number of benzene rings is 3. The van der Waals surface area contributed by atoms with E-state index in [0.29, 0.717) is 34.9 Å². The second kappa shape index (κ2) is 8.46. The van der Waals surface area contributed by atoms with E-state index in [9.17, 15) is 13.2 Å². The number of hydrogen-bond acceptors (Lipinski definition) is 4. The van der Waals surface area contributed by atoms with Gasteiger partial charge in [-0.3, -0.25) is 9.89 Å². The van der Waals surface area contributed by atoms with E-state index in [-0.39, 0.29) is 16.8 Å². The number of anilines is 1. The molecule has 4 aromatic rings. The quantitative estimate of drug-likeness (QED) is 0.419. The van der Waals surface area contributed by atoms with Crippen molar-refractivity contribution in [3.8, 4) is 0 Å². The Balaban J connectivity index is 1.45. The Morgan fingerprint density at radius 2 is 1.79 bits per heavy atom. The second-order valence-electron chi connectivity index (χ2n) is 8.36. The maximum absolute atomic E-state index is 13.3. The molecule has 0 radical (unpaired) electrons. The second-order valence-corrected chi connectivity index (χ2v) is 10.0. The first-order valence-corrected chi connectivity index (χ1v) is 12.3. The molecule has 1 amide bonds. The molecule has 1 unspecified atom stereocenters. The van der Waals surface area contributed by atoms with E-state index in [1.807, 2.05) is 37.3 Å². The molecular weight excluding hydrogens is 436 g/mol. The molecule has 1 aromatic heterocycles. The summed E-state index contributed by atoms with van der Waals surface area (Å²) in [6.45, 7) is 1.88. The predicted octanol–water partition coefficient (Wildman–Crippen LogP) is 3.96. The highest BCUT2D eigenvalue weighted by Gasteiger charge is 2.27. The number of amides is 1. The van der Waals surface area contributed by atoms with E-state index < -0.39 is 10.0 Å². The minimum absolute atomic E-state index is 0.195. The molecule has 0 spiro atoms. The number of nitrogens with zero attached hydrogens (tertiary/aromatic N) is 1. The van der Waals surface area contributed by atoms with Crippen LogP contribution in [0.2, 0.25) is 0 Å². The highest BCUT2D eigenvalue weighted by Crippen LogP contribution is 2.31. The Kier molecular flexibility index (Phi) is 5.47. The topological polar surface area (TPSA) is 104 Å². The standard InChI is InChI=1S/C25H24N4O3S/c1-16-6-2-3-7-19(16)25(30)27-23-12-13-24(21-9-5-4-8-20(21)23)33(31,32)29-18-10-11-22-17(14-18)15-26-28-22/h2-9,12-13,15,18,29H,10-11,14H2,1H3,(H,26,28)(H,27,30). The number of fused-ring (bicyclic) bond motifs is 2. The summed E-state index contributed by atoms with van der Waals surface area (Å²) in [6.07, 6.45) is 3.83. The van der Waals surface area contributed by atoms with Crippen molar-refractivity contribution in [1.82, 2.24) is 14.9 Å². The molecule has 0 saturated carbocycles. The van der Waals surface area contributed by atoms with Crippen LogP contribution in [-0.2, 0) is 22.9 Å². The Bertz CT molecular complexity index is 1460. The van der Waals surface area contributed by atoms with Crippen LogP contribution in [0.15, 0.2) is 71.8 Å². The lowest BCUT2D eigenvalue weighted by atomic mass is 9.94. The number of carbonyl (C=O) groups excluding carboxylic acids is 1. The molecule has 8 heteroatoms. The largest absolute Gasteiger partial charge is 0.321 e. The zero-order valence-corrected chi connectivity index (χ0v) is 18.9. The number of nitrogens with one attached hydrogen (secondary N) is 3. The fraction of sp³-hybridized carbons (Fsp3) is 0.200. The molecule has 168 valence electrons. The summed E-state index contributed by atoms with van der Waals surface area (Å²) in [6, 6.07) is 17.6. The number of aromatic nitrogens is 2. The van der Waals surface area contributed by atoms with Crippen molar-refractivity contribution in [2.24, 2.45) is 0 Å². The van der Waals surface area contributed by atoms with Crippen LogP contribution in [0, 0.1) is 6.92 Å². The fourth-order valence-corrected chi connectivity index (χ4v) is 5.91. The number of aryl methyl sites for hydroxylation is 2. The average Bonchev–Trinajstić information content (AvgIpc) is 3.27. The first kappa shape index (κ1) is 21.4. The first-order chi connectivity index (χ1) is 15.9. The lowest BCUT2D eigenvalue weighted by Crippen LogP contribution is -2.38. The van der Waals surface area contributed by atoms with E-state index >= 15 is 0 Å². The van der Waals surface area contributed by atoms with Gasteiger partial charge in [-0.1, -0.05) is 42.5 Å². The number of rotatable bonds is 5. The van der Waals surface area contributed by atoms with Crippen molar-refractivity contribution < 1.29 is 13.2 Å². The third-order valence-electron chi connectivity index (χ3n) is 6.15. The Morgan fingerprint density at radius 3 is 2.61 bits per heavy atom. The van der Waals surface area contributed by atoms with Gasteiger partial charge in [0.15, 0.2) is 0 Å². The van der Waals surface area contributed by atoms with Gasteiger partial charge < -0.3 is 5.32 Å². The third-order valence-corrected chi connectivity index (χ3v) is 7.73. The summed E-state index contributed by atoms with van der Waals surface area (Å²) in [5.74, 6) is -0.231. The van der Waals surface area contributed by atoms with E-state index in [1.54, 1.807) is 36.5 Å². The lowest BCUT2D eigenvalue weighted by Gasteiger charge is -2.23. The first-order valence-electron chi connectivity index (χ1n) is 10.8. The zero-order valence-electron chi connectivity index (χ0n) is 18.1. The molecule has 7 nitrogen and oxygen atoms in total. The number of aromatic amines is 1. The number of sulfonamides is 1. The highest BCUT2D eigenvalue weighted by atomic mass is 32.2. The van der Waals surface area contributed by atoms with Gasteiger partial charge in [0.2, 0.25) is 10.0 Å². The van der Waals surface area contributed by atoms with Crippen molar-refractivity contribution in [3.05, 3.63) is 89.2 Å². The zero-order chi connectivity index (χ0) is 23.0. The van der Waals surface area contributed by atoms with Crippen molar-refractivity contribution in [2.45, 2.75) is 37.1 Å². The van der Waals surface area contributed by atoms with Crippen LogP contribution in [-0.4, -0.2) is 30.6 Å². The molecular formula is C25H24N4O3S. The minimum atomic E-state index is -3.77. The Morgan fingerprint density at radius 1 is 1.03 bits per heavy atom. The smallest absolute Gasteiger partial charge is 0.255 e. The summed E-state index contributed by atoms with van der Waals surface area (Å²) in [5.41, 5.74) is 4.14.